The lowest BCUT2D eigenvalue weighted by atomic mass is 10.1. The van der Waals surface area contributed by atoms with Gasteiger partial charge in [0.05, 0.1) is 17.8 Å². The minimum Gasteiger partial charge on any atom is -0.312 e. The molecule has 1 saturated heterocycles. The molecule has 8 heteroatoms. The fourth-order valence-electron chi connectivity index (χ4n) is 1.95. The lowest BCUT2D eigenvalue weighted by molar-refractivity contribution is -0.137. The van der Waals surface area contributed by atoms with Crippen LogP contribution < -0.4 is 5.32 Å². The third-order valence-corrected chi connectivity index (χ3v) is 3.17. The van der Waals surface area contributed by atoms with E-state index in [0.29, 0.717) is 6.07 Å². The van der Waals surface area contributed by atoms with Crippen molar-refractivity contribution in [3.8, 4) is 11.3 Å². The van der Waals surface area contributed by atoms with E-state index in [4.69, 9.17) is 0 Å². The van der Waals surface area contributed by atoms with Crippen LogP contribution in [0, 0.1) is 5.82 Å². The number of aromatic nitrogens is 3. The van der Waals surface area contributed by atoms with Crippen molar-refractivity contribution in [2.75, 3.05) is 13.1 Å². The van der Waals surface area contributed by atoms with Crippen molar-refractivity contribution in [2.24, 2.45) is 0 Å². The monoisotopic (exact) mass is 286 g/mol. The van der Waals surface area contributed by atoms with Crippen molar-refractivity contribution < 1.29 is 17.6 Å². The highest BCUT2D eigenvalue weighted by atomic mass is 19.4. The molecule has 0 aliphatic carbocycles. The average molecular weight is 286 g/mol. The highest BCUT2D eigenvalue weighted by molar-refractivity contribution is 5.59. The van der Waals surface area contributed by atoms with E-state index in [0.717, 1.165) is 25.2 Å². The summed E-state index contributed by atoms with van der Waals surface area (Å²) in [7, 11) is 0. The molecule has 0 spiro atoms. The highest BCUT2D eigenvalue weighted by Crippen LogP contribution is 2.32. The average Bonchev–Trinajstić information content (AvgIpc) is 2.74. The zero-order valence-corrected chi connectivity index (χ0v) is 10.2. The van der Waals surface area contributed by atoms with E-state index in [2.05, 4.69) is 15.6 Å². The summed E-state index contributed by atoms with van der Waals surface area (Å²) < 4.78 is 52.8. The third kappa shape index (κ3) is 2.38. The van der Waals surface area contributed by atoms with Crippen LogP contribution in [0.25, 0.3) is 11.3 Å². The lowest BCUT2D eigenvalue weighted by Crippen LogP contribution is -2.43. The Labute approximate surface area is 111 Å². The molecule has 0 bridgehead atoms. The van der Waals surface area contributed by atoms with Gasteiger partial charge >= 0.3 is 6.18 Å². The Kier molecular flexibility index (Phi) is 2.97. The SMILES string of the molecule is Fc1cc(-c2cn(C3CNC3)nn2)cc(C(F)(F)F)c1. The highest BCUT2D eigenvalue weighted by Gasteiger charge is 2.31. The molecule has 20 heavy (non-hydrogen) atoms. The number of rotatable bonds is 2. The predicted molar refractivity (Wildman–Crippen MR) is 62.3 cm³/mol. The summed E-state index contributed by atoms with van der Waals surface area (Å²) in [5, 5.41) is 10.7. The normalized spacial score (nSPS) is 16.2. The summed E-state index contributed by atoms with van der Waals surface area (Å²) in [5.74, 6) is -0.949. The smallest absolute Gasteiger partial charge is 0.312 e. The molecule has 3 rings (SSSR count). The molecule has 2 aromatic rings. The first kappa shape index (κ1) is 13.0. The Morgan fingerprint density at radius 2 is 1.95 bits per heavy atom. The molecule has 0 atom stereocenters. The van der Waals surface area contributed by atoms with E-state index < -0.39 is 17.6 Å². The molecule has 4 nitrogen and oxygen atoms in total. The minimum atomic E-state index is -4.59. The van der Waals surface area contributed by atoms with Crippen molar-refractivity contribution in [3.05, 3.63) is 35.8 Å². The van der Waals surface area contributed by atoms with Gasteiger partial charge in [-0.2, -0.15) is 13.2 Å². The van der Waals surface area contributed by atoms with Crippen LogP contribution in [-0.2, 0) is 6.18 Å². The summed E-state index contributed by atoms with van der Waals surface area (Å²) in [5.41, 5.74) is -0.745. The number of hydrogen-bond acceptors (Lipinski definition) is 3. The van der Waals surface area contributed by atoms with Gasteiger partial charge in [-0.05, 0) is 18.2 Å². The van der Waals surface area contributed by atoms with E-state index in [-0.39, 0.29) is 17.3 Å². The maximum atomic E-state index is 13.3. The zero-order chi connectivity index (χ0) is 14.3. The Bertz CT molecular complexity index is 631. The molecule has 1 fully saturated rings. The standard InChI is InChI=1S/C12H10F4N4/c13-9-2-7(1-8(3-9)12(14,15)16)11-6-20(19-18-11)10-4-17-5-10/h1-3,6,10,17H,4-5H2. The summed E-state index contributed by atoms with van der Waals surface area (Å²) in [6.07, 6.45) is -3.06. The van der Waals surface area contributed by atoms with Crippen LogP contribution in [0.5, 0.6) is 0 Å². The predicted octanol–water partition coefficient (Wildman–Crippen LogP) is 2.25. The first-order valence-electron chi connectivity index (χ1n) is 5.94. The van der Waals surface area contributed by atoms with E-state index >= 15 is 0 Å². The number of benzene rings is 1. The second-order valence-electron chi connectivity index (χ2n) is 4.62. The Morgan fingerprint density at radius 1 is 1.20 bits per heavy atom. The van der Waals surface area contributed by atoms with Gasteiger partial charge in [-0.1, -0.05) is 5.21 Å². The first-order valence-corrected chi connectivity index (χ1v) is 5.94. The molecule has 0 unspecified atom stereocenters. The van der Waals surface area contributed by atoms with Gasteiger partial charge < -0.3 is 5.32 Å². The zero-order valence-electron chi connectivity index (χ0n) is 10.2. The number of nitrogens with one attached hydrogen (secondary N) is 1. The molecule has 1 aliphatic rings. The number of hydrogen-bond donors (Lipinski definition) is 1. The summed E-state index contributed by atoms with van der Waals surface area (Å²) >= 11 is 0. The number of alkyl halides is 3. The van der Waals surface area contributed by atoms with E-state index in [1.807, 2.05) is 0 Å². The van der Waals surface area contributed by atoms with Crippen LogP contribution in [0.4, 0.5) is 17.6 Å². The second-order valence-corrected chi connectivity index (χ2v) is 4.62. The van der Waals surface area contributed by atoms with Crippen molar-refractivity contribution in [3.63, 3.8) is 0 Å². The van der Waals surface area contributed by atoms with Crippen LogP contribution in [0.15, 0.2) is 24.4 Å². The largest absolute Gasteiger partial charge is 0.416 e. The van der Waals surface area contributed by atoms with Crippen LogP contribution >= 0.6 is 0 Å². The molecule has 1 aliphatic heterocycles. The van der Waals surface area contributed by atoms with Gasteiger partial charge in [-0.25, -0.2) is 9.07 Å². The fraction of sp³-hybridized carbons (Fsp3) is 0.333. The maximum absolute atomic E-state index is 13.3. The molecular weight excluding hydrogens is 276 g/mol. The van der Waals surface area contributed by atoms with Gasteiger partial charge in [0.2, 0.25) is 0 Å². The molecule has 1 aromatic heterocycles. The first-order chi connectivity index (χ1) is 9.43. The molecule has 1 N–H and O–H groups in total. The van der Waals surface area contributed by atoms with Crippen molar-refractivity contribution >= 4 is 0 Å². The van der Waals surface area contributed by atoms with Gasteiger partial charge in [0, 0.05) is 18.7 Å². The second kappa shape index (κ2) is 4.55. The van der Waals surface area contributed by atoms with Gasteiger partial charge in [-0.15, -0.1) is 5.10 Å². The third-order valence-electron chi connectivity index (χ3n) is 3.17. The summed E-state index contributed by atoms with van der Waals surface area (Å²) in [4.78, 5) is 0. The molecule has 1 aromatic carbocycles. The van der Waals surface area contributed by atoms with Crippen LogP contribution in [0.3, 0.4) is 0 Å². The number of nitrogens with zero attached hydrogens (tertiary/aromatic N) is 3. The van der Waals surface area contributed by atoms with Crippen molar-refractivity contribution in [1.29, 1.82) is 0 Å². The van der Waals surface area contributed by atoms with Crippen molar-refractivity contribution in [1.82, 2.24) is 20.3 Å². The minimum absolute atomic E-state index is 0.0656. The van der Waals surface area contributed by atoms with E-state index in [1.54, 1.807) is 4.68 Å². The summed E-state index contributed by atoms with van der Waals surface area (Å²) in [6.45, 7) is 1.47. The van der Waals surface area contributed by atoms with E-state index in [1.165, 1.54) is 6.20 Å². The summed E-state index contributed by atoms with van der Waals surface area (Å²) in [6, 6.07) is 2.50. The molecule has 2 heterocycles. The van der Waals surface area contributed by atoms with Gasteiger partial charge in [0.1, 0.15) is 11.5 Å². The molecule has 0 radical (unpaired) electrons. The molecular formula is C12H10F4N4. The van der Waals surface area contributed by atoms with Gasteiger partial charge in [0.15, 0.2) is 0 Å². The van der Waals surface area contributed by atoms with Gasteiger partial charge in [0.25, 0.3) is 0 Å². The van der Waals surface area contributed by atoms with Crippen LogP contribution in [-0.4, -0.2) is 28.1 Å². The lowest BCUT2D eigenvalue weighted by Gasteiger charge is -2.26. The Balaban J connectivity index is 1.96. The van der Waals surface area contributed by atoms with Crippen molar-refractivity contribution in [2.45, 2.75) is 12.2 Å². The Hall–Kier alpha value is -1.96. The maximum Gasteiger partial charge on any atom is 0.416 e. The fourth-order valence-corrected chi connectivity index (χ4v) is 1.95. The topological polar surface area (TPSA) is 42.7 Å². The quantitative estimate of drug-likeness (QED) is 0.861. The molecule has 0 saturated carbocycles. The Morgan fingerprint density at radius 3 is 2.55 bits per heavy atom. The van der Waals surface area contributed by atoms with Crippen LogP contribution in [0.2, 0.25) is 0 Å². The van der Waals surface area contributed by atoms with Gasteiger partial charge in [-0.3, -0.25) is 0 Å². The molecule has 0 amide bonds. The van der Waals surface area contributed by atoms with Crippen LogP contribution in [0.1, 0.15) is 11.6 Å². The molecule has 106 valence electrons. The van der Waals surface area contributed by atoms with E-state index in [9.17, 15) is 17.6 Å². The number of halogens is 4.